The number of benzene rings is 4. The van der Waals surface area contributed by atoms with E-state index in [2.05, 4.69) is 43.4 Å². The Labute approximate surface area is 303 Å². The number of ether oxygens (including phenoxy) is 2. The van der Waals surface area contributed by atoms with Gasteiger partial charge in [-0.3, -0.25) is 14.4 Å². The summed E-state index contributed by atoms with van der Waals surface area (Å²) < 4.78 is 13.6. The van der Waals surface area contributed by atoms with Crippen LogP contribution in [0.1, 0.15) is 100 Å². The molecule has 0 aromatic heterocycles. The van der Waals surface area contributed by atoms with Gasteiger partial charge in [0, 0.05) is 46.6 Å². The molecule has 7 rings (SSSR count). The molecule has 0 unspecified atom stereocenters. The van der Waals surface area contributed by atoms with Gasteiger partial charge in [-0.05, 0) is 104 Å². The minimum absolute atomic E-state index is 0.106. The molecule has 2 amide bonds. The molecule has 2 N–H and O–H groups in total. The molecule has 1 saturated heterocycles. The summed E-state index contributed by atoms with van der Waals surface area (Å²) >= 11 is 6.09. The third-order valence-electron chi connectivity index (χ3n) is 10.7. The van der Waals surface area contributed by atoms with Crippen LogP contribution >= 0.6 is 11.6 Å². The quantitative estimate of drug-likeness (QED) is 0.192. The first-order valence-corrected chi connectivity index (χ1v) is 18.1. The predicted octanol–water partition coefficient (Wildman–Crippen LogP) is 8.12. The number of hydrogen-bond donors (Lipinski definition) is 2. The number of carbonyl (C=O) groups is 3. The average Bonchev–Trinajstić information content (AvgIpc) is 3.10. The van der Waals surface area contributed by atoms with Crippen molar-refractivity contribution in [2.24, 2.45) is 5.92 Å². The molecule has 0 radical (unpaired) electrons. The number of halogens is 1. The topological polar surface area (TPSA) is 105 Å². The Balaban J connectivity index is 1.04. The summed E-state index contributed by atoms with van der Waals surface area (Å²) in [7, 11) is 0. The van der Waals surface area contributed by atoms with Crippen molar-refractivity contribution in [3.63, 3.8) is 0 Å². The molecular weight excluding hydrogens is 664 g/mol. The van der Waals surface area contributed by atoms with Crippen molar-refractivity contribution in [2.75, 3.05) is 6.54 Å². The summed E-state index contributed by atoms with van der Waals surface area (Å²) in [6.07, 6.45) is 5.29. The normalized spacial score (nSPS) is 21.6. The smallest absolute Gasteiger partial charge is 0.323 e. The number of aliphatic carboxylic acids is 1. The number of rotatable bonds is 8. The number of fused-ring (bicyclic) bond motifs is 6. The number of nitrogens with zero attached hydrogens (tertiary/aromatic N) is 1. The maximum atomic E-state index is 13.5. The van der Waals surface area contributed by atoms with E-state index in [-0.39, 0.29) is 37.1 Å². The molecule has 4 atom stereocenters. The van der Waals surface area contributed by atoms with Crippen LogP contribution in [0.5, 0.6) is 5.75 Å². The number of amides is 2. The van der Waals surface area contributed by atoms with Gasteiger partial charge in [-0.25, -0.2) is 0 Å². The van der Waals surface area contributed by atoms with Crippen molar-refractivity contribution < 1.29 is 29.0 Å². The van der Waals surface area contributed by atoms with E-state index in [1.54, 1.807) is 54.6 Å². The Kier molecular flexibility index (Phi) is 9.90. The van der Waals surface area contributed by atoms with E-state index < -0.39 is 24.0 Å². The van der Waals surface area contributed by atoms with Gasteiger partial charge in [0.25, 0.3) is 11.8 Å². The van der Waals surface area contributed by atoms with Crippen molar-refractivity contribution in [1.29, 1.82) is 0 Å². The van der Waals surface area contributed by atoms with E-state index in [0.29, 0.717) is 22.1 Å². The molecule has 2 aliphatic heterocycles. The fraction of sp³-hybridized carbons (Fsp3) is 0.357. The molecule has 0 saturated carbocycles. The SMILES string of the molecule is CC1(C)Oc2ccc(C(=O)NCc3ccc(C(=O)N(CC(=O)O)Cc4cccc(Cl)c4)cc3)cc2[C@@H]2O[C@@H]3CCCCc4ccccc4[C@H]3C[C@H]21. The fourth-order valence-corrected chi connectivity index (χ4v) is 8.27. The Morgan fingerprint density at radius 2 is 1.69 bits per heavy atom. The summed E-state index contributed by atoms with van der Waals surface area (Å²) in [6, 6.07) is 28.2. The van der Waals surface area contributed by atoms with Crippen molar-refractivity contribution in [1.82, 2.24) is 10.2 Å². The number of hydrogen-bond acceptors (Lipinski definition) is 5. The molecule has 2 heterocycles. The molecule has 264 valence electrons. The number of carboxylic acids is 1. The van der Waals surface area contributed by atoms with E-state index in [9.17, 15) is 19.5 Å². The van der Waals surface area contributed by atoms with Crippen LogP contribution in [0, 0.1) is 5.92 Å². The Bertz CT molecular complexity index is 1940. The summed E-state index contributed by atoms with van der Waals surface area (Å²) in [4.78, 5) is 39.6. The van der Waals surface area contributed by atoms with Crippen molar-refractivity contribution in [3.8, 4) is 5.75 Å². The average molecular weight is 707 g/mol. The third-order valence-corrected chi connectivity index (χ3v) is 10.9. The fourth-order valence-electron chi connectivity index (χ4n) is 8.06. The first-order chi connectivity index (χ1) is 24.6. The molecule has 4 aromatic rings. The first-order valence-electron chi connectivity index (χ1n) is 17.7. The lowest BCUT2D eigenvalue weighted by Crippen LogP contribution is -2.50. The highest BCUT2D eigenvalue weighted by Gasteiger charge is 2.51. The zero-order chi connectivity index (χ0) is 35.7. The number of nitrogens with one attached hydrogen (secondary N) is 1. The highest BCUT2D eigenvalue weighted by atomic mass is 35.5. The minimum atomic E-state index is -1.11. The van der Waals surface area contributed by atoms with Gasteiger partial charge in [0.2, 0.25) is 0 Å². The van der Waals surface area contributed by atoms with Crippen molar-refractivity contribution >= 4 is 29.4 Å². The van der Waals surface area contributed by atoms with Crippen LogP contribution in [0.2, 0.25) is 5.02 Å². The Hall–Kier alpha value is -4.66. The zero-order valence-corrected chi connectivity index (χ0v) is 29.7. The van der Waals surface area contributed by atoms with Crippen LogP contribution < -0.4 is 10.1 Å². The van der Waals surface area contributed by atoms with E-state index >= 15 is 0 Å². The molecule has 8 nitrogen and oxygen atoms in total. The van der Waals surface area contributed by atoms with Crippen LogP contribution in [0.3, 0.4) is 0 Å². The van der Waals surface area contributed by atoms with Gasteiger partial charge in [0.1, 0.15) is 17.9 Å². The van der Waals surface area contributed by atoms with Gasteiger partial charge in [-0.1, -0.05) is 66.6 Å². The summed E-state index contributed by atoms with van der Waals surface area (Å²) in [5.41, 5.74) is 5.73. The summed E-state index contributed by atoms with van der Waals surface area (Å²) in [5, 5.41) is 13.0. The van der Waals surface area contributed by atoms with Gasteiger partial charge in [0.15, 0.2) is 0 Å². The minimum Gasteiger partial charge on any atom is -0.487 e. The van der Waals surface area contributed by atoms with Crippen LogP contribution in [-0.4, -0.2) is 46.0 Å². The maximum Gasteiger partial charge on any atom is 0.323 e. The van der Waals surface area contributed by atoms with Gasteiger partial charge in [0.05, 0.1) is 12.2 Å². The molecule has 51 heavy (non-hydrogen) atoms. The van der Waals surface area contributed by atoms with Gasteiger partial charge < -0.3 is 24.8 Å². The van der Waals surface area contributed by atoms with Crippen LogP contribution in [0.15, 0.2) is 91.0 Å². The molecule has 3 aliphatic rings. The number of aryl methyl sites for hydroxylation is 1. The highest BCUT2D eigenvalue weighted by Crippen LogP contribution is 2.55. The van der Waals surface area contributed by atoms with E-state index in [1.165, 1.54) is 16.0 Å². The Morgan fingerprint density at radius 3 is 2.47 bits per heavy atom. The molecule has 9 heteroatoms. The van der Waals surface area contributed by atoms with Crippen molar-refractivity contribution in [3.05, 3.63) is 135 Å². The summed E-state index contributed by atoms with van der Waals surface area (Å²) in [5.74, 6) is -0.552. The standard InChI is InChI=1S/C42H43ClN2O6/c1-42(2)35-22-33-32-12-5-3-9-28(32)10-4-6-13-36(33)50-39(35)34-21-30(18-19-37(34)51-42)40(48)44-23-26-14-16-29(17-15-26)41(49)45(25-38(46)47)24-27-8-7-11-31(43)20-27/h3,5,7-9,11-12,14-21,33,35-36,39H,4,6,10,13,22-25H2,1-2H3,(H,44,48)(H,46,47)/t33-,35-,36-,39+/m1/s1. The van der Waals surface area contributed by atoms with Crippen molar-refractivity contribution in [2.45, 2.75) is 82.8 Å². The molecule has 4 aromatic carbocycles. The predicted molar refractivity (Wildman–Crippen MR) is 195 cm³/mol. The Morgan fingerprint density at radius 1 is 0.902 bits per heavy atom. The second kappa shape index (κ2) is 14.5. The zero-order valence-electron chi connectivity index (χ0n) is 28.9. The number of carboxylic acid groups (broad SMARTS) is 1. The monoisotopic (exact) mass is 706 g/mol. The first kappa shape index (κ1) is 34.8. The molecule has 1 aliphatic carbocycles. The molecule has 0 bridgehead atoms. The van der Waals surface area contributed by atoms with Crippen LogP contribution in [0.4, 0.5) is 0 Å². The van der Waals surface area contributed by atoms with Crippen LogP contribution in [0.25, 0.3) is 0 Å². The van der Waals surface area contributed by atoms with E-state index in [0.717, 1.165) is 54.5 Å². The van der Waals surface area contributed by atoms with E-state index in [1.807, 2.05) is 12.1 Å². The van der Waals surface area contributed by atoms with Crippen LogP contribution in [-0.2, 0) is 29.0 Å². The number of carbonyl (C=O) groups excluding carboxylic acids is 2. The second-order valence-corrected chi connectivity index (χ2v) is 14.9. The summed E-state index contributed by atoms with van der Waals surface area (Å²) in [6.45, 7) is 4.20. The van der Waals surface area contributed by atoms with Gasteiger partial charge in [-0.2, -0.15) is 0 Å². The second-order valence-electron chi connectivity index (χ2n) is 14.5. The lowest BCUT2D eigenvalue weighted by Gasteiger charge is -2.52. The third kappa shape index (κ3) is 7.53. The van der Waals surface area contributed by atoms with E-state index in [4.69, 9.17) is 21.1 Å². The maximum absolute atomic E-state index is 13.5. The van der Waals surface area contributed by atoms with Gasteiger partial charge in [-0.15, -0.1) is 0 Å². The molecule has 1 fully saturated rings. The lowest BCUT2D eigenvalue weighted by atomic mass is 9.68. The highest BCUT2D eigenvalue weighted by molar-refractivity contribution is 6.30. The van der Waals surface area contributed by atoms with Gasteiger partial charge >= 0.3 is 5.97 Å². The largest absolute Gasteiger partial charge is 0.487 e. The molecule has 0 spiro atoms. The molecular formula is C42H43ClN2O6. The lowest BCUT2D eigenvalue weighted by molar-refractivity contribution is -0.161.